The largest absolute Gasteiger partial charge is 0.309 e. The van der Waals surface area contributed by atoms with Crippen LogP contribution in [0.2, 0.25) is 0 Å². The molecule has 0 aliphatic heterocycles. The summed E-state index contributed by atoms with van der Waals surface area (Å²) < 4.78 is 2.43. The molecule has 172 valence electrons. The number of benzene rings is 7. The molecule has 37 heavy (non-hydrogen) atoms. The smallest absolute Gasteiger partial charge is 0.0547 e. The van der Waals surface area contributed by atoms with Crippen molar-refractivity contribution in [2.75, 3.05) is 0 Å². The Bertz CT molecular complexity index is 2120. The van der Waals surface area contributed by atoms with Gasteiger partial charge in [0.2, 0.25) is 0 Å². The fourth-order valence-corrected chi connectivity index (χ4v) is 6.08. The van der Waals surface area contributed by atoms with Gasteiger partial charge in [0.25, 0.3) is 0 Å². The summed E-state index contributed by atoms with van der Waals surface area (Å²) in [5, 5.41) is 10.4. The molecular weight excluding hydrogens is 446 g/mol. The molecule has 1 heterocycles. The lowest BCUT2D eigenvalue weighted by atomic mass is 9.93. The predicted octanol–water partition coefficient (Wildman–Crippen LogP) is 9.91. The molecule has 0 fully saturated rings. The van der Waals surface area contributed by atoms with Gasteiger partial charge in [-0.3, -0.25) is 0 Å². The first-order valence-corrected chi connectivity index (χ1v) is 12.8. The average molecular weight is 470 g/mol. The lowest BCUT2D eigenvalue weighted by Gasteiger charge is -2.12. The standard InChI is InChI=1S/C36H23N/c1-3-11-24(12-4-1)25-19-20-31-34-22-32-29-17-9-7-15-27(29)28-16-8-10-18-30(28)33(32)23-36(34)37(35(31)21-25)26-13-5-2-6-14-26/h1-23H. The number of nitrogens with zero attached hydrogens (tertiary/aromatic N) is 1. The van der Waals surface area contributed by atoms with Crippen LogP contribution in [0.3, 0.4) is 0 Å². The lowest BCUT2D eigenvalue weighted by Crippen LogP contribution is -1.93. The molecule has 0 unspecified atom stereocenters. The van der Waals surface area contributed by atoms with Crippen molar-refractivity contribution in [1.29, 1.82) is 0 Å². The molecule has 0 bridgehead atoms. The zero-order valence-corrected chi connectivity index (χ0v) is 20.2. The van der Waals surface area contributed by atoms with Gasteiger partial charge in [-0.25, -0.2) is 0 Å². The van der Waals surface area contributed by atoms with Gasteiger partial charge in [0, 0.05) is 16.5 Å². The van der Waals surface area contributed by atoms with E-state index in [4.69, 9.17) is 0 Å². The highest BCUT2D eigenvalue weighted by molar-refractivity contribution is 6.28. The topological polar surface area (TPSA) is 4.93 Å². The van der Waals surface area contributed by atoms with Crippen LogP contribution < -0.4 is 0 Å². The van der Waals surface area contributed by atoms with Gasteiger partial charge in [0.1, 0.15) is 0 Å². The number of hydrogen-bond donors (Lipinski definition) is 0. The first kappa shape index (κ1) is 20.3. The normalized spacial score (nSPS) is 11.8. The highest BCUT2D eigenvalue weighted by Gasteiger charge is 2.17. The molecule has 0 saturated heterocycles. The Morgan fingerprint density at radius 1 is 0.297 bits per heavy atom. The lowest BCUT2D eigenvalue weighted by molar-refractivity contribution is 1.18. The van der Waals surface area contributed by atoms with E-state index in [1.165, 1.54) is 70.9 Å². The maximum absolute atomic E-state index is 2.43. The summed E-state index contributed by atoms with van der Waals surface area (Å²) in [6, 6.07) is 50.8. The Labute approximate surface area is 214 Å². The van der Waals surface area contributed by atoms with E-state index in [0.29, 0.717) is 0 Å². The molecule has 0 aliphatic carbocycles. The van der Waals surface area contributed by atoms with Crippen LogP contribution in [0, 0.1) is 0 Å². The van der Waals surface area contributed by atoms with Gasteiger partial charge in [0.15, 0.2) is 0 Å². The number of rotatable bonds is 2. The molecule has 1 nitrogen and oxygen atoms in total. The molecule has 0 N–H and O–H groups in total. The third-order valence-electron chi connectivity index (χ3n) is 7.75. The van der Waals surface area contributed by atoms with Gasteiger partial charge in [-0.2, -0.15) is 0 Å². The molecule has 0 saturated carbocycles. The van der Waals surface area contributed by atoms with Crippen LogP contribution in [0.15, 0.2) is 140 Å². The summed E-state index contributed by atoms with van der Waals surface area (Å²) in [7, 11) is 0. The monoisotopic (exact) mass is 469 g/mol. The highest BCUT2D eigenvalue weighted by atomic mass is 15.0. The average Bonchev–Trinajstić information content (AvgIpc) is 3.30. The van der Waals surface area contributed by atoms with Crippen molar-refractivity contribution in [3.8, 4) is 16.8 Å². The summed E-state index contributed by atoms with van der Waals surface area (Å²) >= 11 is 0. The Balaban J connectivity index is 1.58. The molecule has 0 aliphatic rings. The summed E-state index contributed by atoms with van der Waals surface area (Å²) in [6.07, 6.45) is 0. The van der Waals surface area contributed by atoms with Crippen LogP contribution in [0.1, 0.15) is 0 Å². The van der Waals surface area contributed by atoms with Crippen LogP contribution in [0.4, 0.5) is 0 Å². The van der Waals surface area contributed by atoms with Crippen LogP contribution >= 0.6 is 0 Å². The molecular formula is C36H23N. The van der Waals surface area contributed by atoms with Gasteiger partial charge in [-0.05, 0) is 73.8 Å². The second-order valence-electron chi connectivity index (χ2n) is 9.78. The van der Waals surface area contributed by atoms with Crippen LogP contribution in [-0.2, 0) is 0 Å². The number of aromatic nitrogens is 1. The minimum atomic E-state index is 1.18. The summed E-state index contributed by atoms with van der Waals surface area (Å²) in [5.41, 5.74) is 6.10. The molecule has 1 heteroatoms. The van der Waals surface area contributed by atoms with E-state index in [-0.39, 0.29) is 0 Å². The third kappa shape index (κ3) is 2.98. The van der Waals surface area contributed by atoms with Gasteiger partial charge in [-0.1, -0.05) is 109 Å². The SMILES string of the molecule is c1ccc(-c2ccc3c4cc5c6ccccc6c6ccccc6c5cc4n(-c4ccccc4)c3c2)cc1. The van der Waals surface area contributed by atoms with E-state index < -0.39 is 0 Å². The van der Waals surface area contributed by atoms with E-state index in [9.17, 15) is 0 Å². The van der Waals surface area contributed by atoms with Crippen molar-refractivity contribution < 1.29 is 0 Å². The van der Waals surface area contributed by atoms with E-state index >= 15 is 0 Å². The van der Waals surface area contributed by atoms with Crippen molar-refractivity contribution >= 4 is 54.1 Å². The van der Waals surface area contributed by atoms with Gasteiger partial charge in [0.05, 0.1) is 11.0 Å². The minimum Gasteiger partial charge on any atom is -0.309 e. The molecule has 0 radical (unpaired) electrons. The summed E-state index contributed by atoms with van der Waals surface area (Å²) in [4.78, 5) is 0. The Kier molecular flexibility index (Phi) is 4.29. The second kappa shape index (κ2) is 7.81. The number of hydrogen-bond acceptors (Lipinski definition) is 0. The number of para-hydroxylation sites is 1. The molecule has 7 aromatic carbocycles. The summed E-state index contributed by atoms with van der Waals surface area (Å²) in [5.74, 6) is 0. The molecule has 1 aromatic heterocycles. The molecule has 0 atom stereocenters. The maximum Gasteiger partial charge on any atom is 0.0547 e. The Morgan fingerprint density at radius 3 is 1.46 bits per heavy atom. The first-order chi connectivity index (χ1) is 18.4. The van der Waals surface area contributed by atoms with Crippen molar-refractivity contribution in [2.24, 2.45) is 0 Å². The van der Waals surface area contributed by atoms with E-state index in [1.54, 1.807) is 0 Å². The zero-order chi connectivity index (χ0) is 24.3. The van der Waals surface area contributed by atoms with Crippen molar-refractivity contribution in [3.63, 3.8) is 0 Å². The molecule has 8 rings (SSSR count). The van der Waals surface area contributed by atoms with Crippen molar-refractivity contribution in [1.82, 2.24) is 4.57 Å². The minimum absolute atomic E-state index is 1.18. The van der Waals surface area contributed by atoms with E-state index in [0.717, 1.165) is 0 Å². The predicted molar refractivity (Wildman–Crippen MR) is 159 cm³/mol. The van der Waals surface area contributed by atoms with Crippen LogP contribution in [0.25, 0.3) is 70.9 Å². The van der Waals surface area contributed by atoms with Gasteiger partial charge in [-0.15, -0.1) is 0 Å². The van der Waals surface area contributed by atoms with Crippen LogP contribution in [-0.4, -0.2) is 4.57 Å². The Hall–Kier alpha value is -4.88. The Morgan fingerprint density at radius 2 is 0.811 bits per heavy atom. The fraction of sp³-hybridized carbons (Fsp3) is 0. The quantitative estimate of drug-likeness (QED) is 0.222. The number of fused-ring (bicyclic) bond motifs is 9. The second-order valence-corrected chi connectivity index (χ2v) is 9.78. The van der Waals surface area contributed by atoms with E-state index in [1.807, 2.05) is 0 Å². The van der Waals surface area contributed by atoms with Gasteiger partial charge < -0.3 is 4.57 Å². The third-order valence-corrected chi connectivity index (χ3v) is 7.75. The molecule has 0 amide bonds. The van der Waals surface area contributed by atoms with Gasteiger partial charge >= 0.3 is 0 Å². The van der Waals surface area contributed by atoms with E-state index in [2.05, 4.69) is 144 Å². The zero-order valence-electron chi connectivity index (χ0n) is 20.2. The molecule has 8 aromatic rings. The highest BCUT2D eigenvalue weighted by Crippen LogP contribution is 2.41. The molecule has 0 spiro atoms. The van der Waals surface area contributed by atoms with Crippen LogP contribution in [0.5, 0.6) is 0 Å². The fourth-order valence-electron chi connectivity index (χ4n) is 6.08. The summed E-state index contributed by atoms with van der Waals surface area (Å²) in [6.45, 7) is 0. The maximum atomic E-state index is 2.43. The van der Waals surface area contributed by atoms with Crippen molar-refractivity contribution in [2.45, 2.75) is 0 Å². The van der Waals surface area contributed by atoms with Crippen molar-refractivity contribution in [3.05, 3.63) is 140 Å². The first-order valence-electron chi connectivity index (χ1n) is 12.8.